The molecule has 0 saturated carbocycles. The van der Waals surface area contributed by atoms with Crippen molar-refractivity contribution in [3.05, 3.63) is 41.5 Å². The van der Waals surface area contributed by atoms with E-state index in [0.717, 1.165) is 62.6 Å². The van der Waals surface area contributed by atoms with Gasteiger partial charge in [-0.25, -0.2) is 0 Å². The number of carbonyl (C=O) groups is 1. The van der Waals surface area contributed by atoms with Gasteiger partial charge in [-0.1, -0.05) is 18.6 Å². The smallest absolute Gasteiger partial charge is 0.223 e. The molecule has 0 aliphatic carbocycles. The average molecular weight is 397 g/mol. The zero-order chi connectivity index (χ0) is 20.1. The van der Waals surface area contributed by atoms with Crippen molar-refractivity contribution in [1.82, 2.24) is 19.7 Å². The number of nitrogens with zero attached hydrogens (tertiary/aromatic N) is 4. The molecule has 6 nitrogen and oxygen atoms in total. The van der Waals surface area contributed by atoms with Crippen LogP contribution in [0.15, 0.2) is 24.3 Å². The molecule has 1 aromatic heterocycles. The number of likely N-dealkylation sites (tertiary alicyclic amines) is 1. The van der Waals surface area contributed by atoms with Crippen molar-refractivity contribution in [1.29, 1.82) is 0 Å². The first-order chi connectivity index (χ1) is 14.2. The van der Waals surface area contributed by atoms with Gasteiger partial charge in [0.2, 0.25) is 5.91 Å². The van der Waals surface area contributed by atoms with Gasteiger partial charge in [0.05, 0.1) is 12.6 Å². The molecular formula is C23H32N4O2. The van der Waals surface area contributed by atoms with Crippen molar-refractivity contribution in [2.24, 2.45) is 0 Å². The summed E-state index contributed by atoms with van der Waals surface area (Å²) in [6, 6.07) is 8.19. The topological polar surface area (TPSA) is 60.2 Å². The Hall–Kier alpha value is -2.37. The second-order valence-electron chi connectivity index (χ2n) is 8.30. The molecule has 4 rings (SSSR count). The Bertz CT molecular complexity index is 832. The van der Waals surface area contributed by atoms with Gasteiger partial charge in [0.25, 0.3) is 0 Å². The molecule has 6 heteroatoms. The summed E-state index contributed by atoms with van der Waals surface area (Å²) in [7, 11) is 0. The molecule has 3 heterocycles. The molecule has 1 aromatic carbocycles. The molecule has 0 bridgehead atoms. The van der Waals surface area contributed by atoms with Gasteiger partial charge >= 0.3 is 0 Å². The van der Waals surface area contributed by atoms with E-state index in [1.807, 2.05) is 23.1 Å². The number of unbranched alkanes of at least 4 members (excludes halogenated alkanes) is 1. The van der Waals surface area contributed by atoms with E-state index in [2.05, 4.69) is 27.8 Å². The third kappa shape index (κ3) is 4.80. The summed E-state index contributed by atoms with van der Waals surface area (Å²) < 4.78 is 8.09. The van der Waals surface area contributed by atoms with Crippen LogP contribution in [0.4, 0.5) is 0 Å². The summed E-state index contributed by atoms with van der Waals surface area (Å²) in [6.45, 7) is 4.54. The number of amides is 1. The van der Waals surface area contributed by atoms with Gasteiger partial charge in [-0.3, -0.25) is 4.79 Å². The maximum Gasteiger partial charge on any atom is 0.223 e. The fourth-order valence-electron chi connectivity index (χ4n) is 4.50. The van der Waals surface area contributed by atoms with Gasteiger partial charge in [-0.05, 0) is 63.1 Å². The van der Waals surface area contributed by atoms with Crippen molar-refractivity contribution in [2.75, 3.05) is 13.2 Å². The van der Waals surface area contributed by atoms with Crippen LogP contribution in [0.5, 0.6) is 5.75 Å². The predicted octanol–water partition coefficient (Wildman–Crippen LogP) is 4.23. The van der Waals surface area contributed by atoms with E-state index in [9.17, 15) is 4.79 Å². The fraction of sp³-hybridized carbons (Fsp3) is 0.609. The van der Waals surface area contributed by atoms with Crippen molar-refractivity contribution in [2.45, 2.75) is 77.3 Å². The maximum absolute atomic E-state index is 12.9. The number of carbonyl (C=O) groups excluding carboxylic acids is 1. The quantitative estimate of drug-likeness (QED) is 0.657. The highest BCUT2D eigenvalue weighted by Gasteiger charge is 2.34. The second kappa shape index (κ2) is 9.42. The second-order valence-corrected chi connectivity index (χ2v) is 8.30. The van der Waals surface area contributed by atoms with E-state index < -0.39 is 0 Å². The molecule has 2 aliphatic rings. The lowest BCUT2D eigenvalue weighted by molar-refractivity contribution is -0.132. The largest absolute Gasteiger partial charge is 0.494 e. The number of benzene rings is 1. The zero-order valence-electron chi connectivity index (χ0n) is 17.5. The van der Waals surface area contributed by atoms with Crippen LogP contribution in [0.1, 0.15) is 74.6 Å². The molecule has 1 amide bonds. The van der Waals surface area contributed by atoms with Crippen LogP contribution in [0.3, 0.4) is 0 Å². The Morgan fingerprint density at radius 1 is 1.14 bits per heavy atom. The number of rotatable bonds is 7. The molecule has 2 aliphatic heterocycles. The highest BCUT2D eigenvalue weighted by atomic mass is 16.5. The molecule has 29 heavy (non-hydrogen) atoms. The maximum atomic E-state index is 12.9. The Morgan fingerprint density at radius 3 is 2.97 bits per heavy atom. The lowest BCUT2D eigenvalue weighted by Crippen LogP contribution is -2.32. The summed E-state index contributed by atoms with van der Waals surface area (Å²) in [6.07, 6.45) is 9.00. The number of ether oxygens (including phenoxy) is 1. The molecule has 2 aromatic rings. The Balaban J connectivity index is 1.28. The molecule has 1 fully saturated rings. The van der Waals surface area contributed by atoms with Gasteiger partial charge in [0, 0.05) is 25.9 Å². The minimum absolute atomic E-state index is 0.102. The van der Waals surface area contributed by atoms with Gasteiger partial charge < -0.3 is 14.2 Å². The Kier molecular flexibility index (Phi) is 6.47. The van der Waals surface area contributed by atoms with E-state index in [1.54, 1.807) is 0 Å². The normalized spacial score (nSPS) is 19.1. The third-order valence-corrected chi connectivity index (χ3v) is 6.05. The van der Waals surface area contributed by atoms with Crippen LogP contribution in [-0.4, -0.2) is 38.7 Å². The molecular weight excluding hydrogens is 364 g/mol. The van der Waals surface area contributed by atoms with Crippen LogP contribution in [0, 0.1) is 6.92 Å². The lowest BCUT2D eigenvalue weighted by Gasteiger charge is -2.24. The molecule has 0 radical (unpaired) electrons. The first kappa shape index (κ1) is 19.9. The van der Waals surface area contributed by atoms with Crippen molar-refractivity contribution < 1.29 is 9.53 Å². The van der Waals surface area contributed by atoms with E-state index in [1.165, 1.54) is 24.8 Å². The van der Waals surface area contributed by atoms with Gasteiger partial charge in [-0.2, -0.15) is 0 Å². The minimum atomic E-state index is 0.102. The number of hydrogen-bond donors (Lipinski definition) is 0. The van der Waals surface area contributed by atoms with Crippen molar-refractivity contribution >= 4 is 5.91 Å². The summed E-state index contributed by atoms with van der Waals surface area (Å²) in [4.78, 5) is 14.9. The standard InChI is InChI=1S/C23H32N4O2/c1-18-9-7-10-19(17-18)29-16-6-4-13-22(28)26-15-8-11-20(26)23-25-24-21-12-3-2-5-14-27(21)23/h7,9-10,17,20H,2-6,8,11-16H2,1H3. The third-order valence-electron chi connectivity index (χ3n) is 6.05. The number of hydrogen-bond acceptors (Lipinski definition) is 4. The number of aryl methyl sites for hydroxylation is 2. The predicted molar refractivity (Wildman–Crippen MR) is 112 cm³/mol. The van der Waals surface area contributed by atoms with Crippen LogP contribution in [0.2, 0.25) is 0 Å². The SMILES string of the molecule is Cc1cccc(OCCCCC(=O)N2CCCC2c2nnc3n2CCCCC3)c1. The number of fused-ring (bicyclic) bond motifs is 1. The first-order valence-corrected chi connectivity index (χ1v) is 11.1. The van der Waals surface area contributed by atoms with Crippen LogP contribution in [0.25, 0.3) is 0 Å². The van der Waals surface area contributed by atoms with Gasteiger partial charge in [0.1, 0.15) is 11.6 Å². The van der Waals surface area contributed by atoms with Crippen LogP contribution in [-0.2, 0) is 17.8 Å². The summed E-state index contributed by atoms with van der Waals surface area (Å²) in [5.41, 5.74) is 1.20. The average Bonchev–Trinajstić information content (AvgIpc) is 3.28. The molecule has 0 N–H and O–H groups in total. The van der Waals surface area contributed by atoms with Gasteiger partial charge in [-0.15, -0.1) is 10.2 Å². The summed E-state index contributed by atoms with van der Waals surface area (Å²) >= 11 is 0. The monoisotopic (exact) mass is 396 g/mol. The molecule has 1 unspecified atom stereocenters. The Morgan fingerprint density at radius 2 is 2.07 bits per heavy atom. The molecule has 0 spiro atoms. The van der Waals surface area contributed by atoms with Crippen LogP contribution < -0.4 is 4.74 Å². The summed E-state index contributed by atoms with van der Waals surface area (Å²) in [5.74, 6) is 3.26. The van der Waals surface area contributed by atoms with E-state index in [-0.39, 0.29) is 11.9 Å². The van der Waals surface area contributed by atoms with E-state index in [0.29, 0.717) is 13.0 Å². The van der Waals surface area contributed by atoms with E-state index >= 15 is 0 Å². The molecule has 1 saturated heterocycles. The van der Waals surface area contributed by atoms with Crippen LogP contribution >= 0.6 is 0 Å². The van der Waals surface area contributed by atoms with Gasteiger partial charge in [0.15, 0.2) is 5.82 Å². The van der Waals surface area contributed by atoms with Crippen molar-refractivity contribution in [3.63, 3.8) is 0 Å². The first-order valence-electron chi connectivity index (χ1n) is 11.1. The highest BCUT2D eigenvalue weighted by molar-refractivity contribution is 5.76. The van der Waals surface area contributed by atoms with E-state index in [4.69, 9.17) is 4.74 Å². The number of aromatic nitrogens is 3. The van der Waals surface area contributed by atoms with Crippen molar-refractivity contribution in [3.8, 4) is 5.75 Å². The Labute approximate surface area is 173 Å². The molecule has 156 valence electrons. The minimum Gasteiger partial charge on any atom is -0.494 e. The highest BCUT2D eigenvalue weighted by Crippen LogP contribution is 2.33. The summed E-state index contributed by atoms with van der Waals surface area (Å²) in [5, 5.41) is 8.94. The lowest BCUT2D eigenvalue weighted by atomic mass is 10.1. The fourth-order valence-corrected chi connectivity index (χ4v) is 4.50. The molecule has 1 atom stereocenters. The zero-order valence-corrected chi connectivity index (χ0v) is 17.5.